The summed E-state index contributed by atoms with van der Waals surface area (Å²) in [4.78, 5) is 44.6. The van der Waals surface area contributed by atoms with E-state index in [9.17, 15) is 14.4 Å². The summed E-state index contributed by atoms with van der Waals surface area (Å²) in [5.74, 6) is -1.10. The Kier molecular flexibility index (Phi) is 3.39. The van der Waals surface area contributed by atoms with Crippen LogP contribution in [0.2, 0.25) is 0 Å². The number of hydrogen-bond donors (Lipinski definition) is 0. The summed E-state index contributed by atoms with van der Waals surface area (Å²) in [5.41, 5.74) is 1.46. The van der Waals surface area contributed by atoms with Crippen LogP contribution in [0.5, 0.6) is 0 Å². The summed E-state index contributed by atoms with van der Waals surface area (Å²) < 4.78 is 0. The van der Waals surface area contributed by atoms with Gasteiger partial charge in [0.15, 0.2) is 5.78 Å². The van der Waals surface area contributed by atoms with Crippen LogP contribution in [0.3, 0.4) is 0 Å². The number of carbonyl (C=O) groups is 3. The Balaban J connectivity index is 2.02. The molecule has 1 aliphatic rings. The molecule has 0 spiro atoms. The maximum atomic E-state index is 13.5. The quantitative estimate of drug-likeness (QED) is 0.307. The number of rotatable bonds is 2. The summed E-state index contributed by atoms with van der Waals surface area (Å²) >= 11 is 0. The fourth-order valence-corrected chi connectivity index (χ4v) is 3.94. The Morgan fingerprint density at radius 2 is 1.64 bits per heavy atom. The number of carbonyl (C=O) groups excluding carboxylic acids is 3. The SMILES string of the molecule is CN1C(=O)c2cccc3c2c(c(C(=O)c2ccccc2)c2cnccc23)C1=O. The molecule has 5 heteroatoms. The molecule has 0 bridgehead atoms. The Labute approximate surface area is 160 Å². The molecule has 0 radical (unpaired) electrons. The van der Waals surface area contributed by atoms with E-state index in [-0.39, 0.29) is 17.3 Å². The second-order valence-corrected chi connectivity index (χ2v) is 6.76. The third-order valence-electron chi connectivity index (χ3n) is 5.26. The number of fused-ring (bicyclic) bond motifs is 2. The van der Waals surface area contributed by atoms with E-state index in [1.54, 1.807) is 48.8 Å². The number of benzene rings is 3. The summed E-state index contributed by atoms with van der Waals surface area (Å²) in [6.45, 7) is 0. The molecule has 2 heterocycles. The van der Waals surface area contributed by atoms with Crippen LogP contribution < -0.4 is 0 Å². The molecule has 0 saturated heterocycles. The maximum absolute atomic E-state index is 13.5. The van der Waals surface area contributed by atoms with Crippen molar-refractivity contribution in [2.24, 2.45) is 0 Å². The zero-order valence-corrected chi connectivity index (χ0v) is 15.0. The normalized spacial score (nSPS) is 13.4. The highest BCUT2D eigenvalue weighted by Crippen LogP contribution is 2.38. The van der Waals surface area contributed by atoms with Crippen LogP contribution in [0.15, 0.2) is 67.0 Å². The second kappa shape index (κ2) is 5.82. The van der Waals surface area contributed by atoms with Crippen LogP contribution >= 0.6 is 0 Å². The second-order valence-electron chi connectivity index (χ2n) is 6.76. The number of amides is 2. The number of hydrogen-bond acceptors (Lipinski definition) is 4. The molecule has 0 atom stereocenters. The number of nitrogens with zero attached hydrogens (tertiary/aromatic N) is 2. The van der Waals surface area contributed by atoms with Crippen molar-refractivity contribution in [1.29, 1.82) is 0 Å². The van der Waals surface area contributed by atoms with Gasteiger partial charge in [0, 0.05) is 46.9 Å². The Morgan fingerprint density at radius 3 is 2.43 bits per heavy atom. The number of aromatic nitrogens is 1. The van der Waals surface area contributed by atoms with Crippen molar-refractivity contribution >= 4 is 39.1 Å². The molecule has 0 N–H and O–H groups in total. The molecule has 1 aliphatic heterocycles. The van der Waals surface area contributed by atoms with Crippen molar-refractivity contribution in [1.82, 2.24) is 9.88 Å². The monoisotopic (exact) mass is 366 g/mol. The highest BCUT2D eigenvalue weighted by molar-refractivity contribution is 6.35. The smallest absolute Gasteiger partial charge is 0.261 e. The van der Waals surface area contributed by atoms with Gasteiger partial charge in [-0.3, -0.25) is 24.3 Å². The largest absolute Gasteiger partial charge is 0.289 e. The number of ketones is 1. The molecule has 0 fully saturated rings. The average molecular weight is 366 g/mol. The van der Waals surface area contributed by atoms with Gasteiger partial charge in [0.1, 0.15) is 0 Å². The minimum absolute atomic E-state index is 0.263. The summed E-state index contributed by atoms with van der Waals surface area (Å²) in [5, 5.41) is 2.70. The summed E-state index contributed by atoms with van der Waals surface area (Å²) in [6.07, 6.45) is 3.25. The summed E-state index contributed by atoms with van der Waals surface area (Å²) in [6, 6.07) is 16.0. The zero-order valence-electron chi connectivity index (χ0n) is 15.0. The van der Waals surface area contributed by atoms with Crippen molar-refractivity contribution in [3.8, 4) is 0 Å². The topological polar surface area (TPSA) is 67.3 Å². The zero-order chi connectivity index (χ0) is 19.4. The van der Waals surface area contributed by atoms with Crippen molar-refractivity contribution < 1.29 is 14.4 Å². The van der Waals surface area contributed by atoms with Crippen LogP contribution in [0, 0.1) is 0 Å². The highest BCUT2D eigenvalue weighted by Gasteiger charge is 2.35. The van der Waals surface area contributed by atoms with Crippen molar-refractivity contribution in [2.75, 3.05) is 7.05 Å². The molecule has 2 amide bonds. The Morgan fingerprint density at radius 1 is 0.857 bits per heavy atom. The van der Waals surface area contributed by atoms with Gasteiger partial charge in [0.05, 0.1) is 5.56 Å². The predicted molar refractivity (Wildman–Crippen MR) is 106 cm³/mol. The van der Waals surface area contributed by atoms with Crippen molar-refractivity contribution in [3.63, 3.8) is 0 Å². The maximum Gasteiger partial charge on any atom is 0.261 e. The molecule has 0 saturated carbocycles. The molecule has 0 unspecified atom stereocenters. The molecule has 0 aliphatic carbocycles. The van der Waals surface area contributed by atoms with Gasteiger partial charge in [-0.05, 0) is 22.9 Å². The molecule has 1 aromatic heterocycles. The molecular weight excluding hydrogens is 352 g/mol. The van der Waals surface area contributed by atoms with E-state index in [2.05, 4.69) is 4.98 Å². The fraction of sp³-hybridized carbons (Fsp3) is 0.0435. The van der Waals surface area contributed by atoms with Gasteiger partial charge in [0.2, 0.25) is 0 Å². The van der Waals surface area contributed by atoms with Crippen LogP contribution in [-0.4, -0.2) is 34.5 Å². The van der Waals surface area contributed by atoms with E-state index in [1.807, 2.05) is 18.2 Å². The van der Waals surface area contributed by atoms with E-state index in [0.29, 0.717) is 27.5 Å². The van der Waals surface area contributed by atoms with Gasteiger partial charge in [0.25, 0.3) is 11.8 Å². The van der Waals surface area contributed by atoms with Crippen molar-refractivity contribution in [2.45, 2.75) is 0 Å². The van der Waals surface area contributed by atoms with Crippen LogP contribution in [-0.2, 0) is 0 Å². The molecule has 5 nitrogen and oxygen atoms in total. The first kappa shape index (κ1) is 16.3. The molecule has 28 heavy (non-hydrogen) atoms. The lowest BCUT2D eigenvalue weighted by molar-refractivity contribution is 0.0648. The van der Waals surface area contributed by atoms with Gasteiger partial charge in [-0.2, -0.15) is 0 Å². The Bertz CT molecular complexity index is 1330. The molecule has 4 aromatic rings. The minimum atomic E-state index is -0.473. The fourth-order valence-electron chi connectivity index (χ4n) is 3.94. The molecular formula is C23H14N2O3. The first-order valence-electron chi connectivity index (χ1n) is 8.84. The van der Waals surface area contributed by atoms with E-state index >= 15 is 0 Å². The van der Waals surface area contributed by atoms with E-state index < -0.39 is 5.91 Å². The lowest BCUT2D eigenvalue weighted by Crippen LogP contribution is -2.38. The summed E-state index contributed by atoms with van der Waals surface area (Å²) in [7, 11) is 1.44. The lowest BCUT2D eigenvalue weighted by atomic mass is 9.84. The van der Waals surface area contributed by atoms with E-state index in [0.717, 1.165) is 15.7 Å². The third kappa shape index (κ3) is 2.07. The average Bonchev–Trinajstić information content (AvgIpc) is 2.75. The molecule has 134 valence electrons. The van der Waals surface area contributed by atoms with Gasteiger partial charge in [-0.15, -0.1) is 0 Å². The minimum Gasteiger partial charge on any atom is -0.289 e. The Hall–Kier alpha value is -3.86. The predicted octanol–water partition coefficient (Wildman–Crippen LogP) is 3.84. The van der Waals surface area contributed by atoms with Crippen LogP contribution in [0.4, 0.5) is 0 Å². The first-order valence-corrected chi connectivity index (χ1v) is 8.84. The van der Waals surface area contributed by atoms with E-state index in [1.165, 1.54) is 7.05 Å². The first-order chi connectivity index (χ1) is 13.6. The van der Waals surface area contributed by atoms with Crippen LogP contribution in [0.25, 0.3) is 21.5 Å². The lowest BCUT2D eigenvalue weighted by Gasteiger charge is -2.26. The van der Waals surface area contributed by atoms with Gasteiger partial charge >= 0.3 is 0 Å². The van der Waals surface area contributed by atoms with Crippen LogP contribution in [0.1, 0.15) is 36.6 Å². The van der Waals surface area contributed by atoms with Gasteiger partial charge < -0.3 is 0 Å². The molecule has 5 rings (SSSR count). The standard InChI is InChI=1S/C23H14N2O3/c1-25-22(27)16-9-5-8-15-14-10-11-24-12-17(14)19(20(18(15)16)23(25)28)21(26)13-6-3-2-4-7-13/h2-12H,1H3. The molecule has 3 aromatic carbocycles. The highest BCUT2D eigenvalue weighted by atomic mass is 16.2. The van der Waals surface area contributed by atoms with Gasteiger partial charge in [-0.25, -0.2) is 0 Å². The number of pyridine rings is 1. The van der Waals surface area contributed by atoms with Gasteiger partial charge in [-0.1, -0.05) is 42.5 Å². The third-order valence-corrected chi connectivity index (χ3v) is 5.26. The van der Waals surface area contributed by atoms with E-state index in [4.69, 9.17) is 0 Å². The van der Waals surface area contributed by atoms with Crippen molar-refractivity contribution in [3.05, 3.63) is 89.2 Å². The number of imide groups is 1.